The number of nitrogens with two attached hydrogens (primary N) is 1. The van der Waals surface area contributed by atoms with Gasteiger partial charge in [-0.05, 0) is 81.2 Å². The van der Waals surface area contributed by atoms with Gasteiger partial charge < -0.3 is 10.6 Å². The summed E-state index contributed by atoms with van der Waals surface area (Å²) < 4.78 is 0. The van der Waals surface area contributed by atoms with E-state index in [9.17, 15) is 0 Å². The third-order valence-electron chi connectivity index (χ3n) is 7.46. The first-order valence-corrected chi connectivity index (χ1v) is 9.24. The maximum absolute atomic E-state index is 6.49. The highest BCUT2D eigenvalue weighted by Gasteiger charge is 2.46. The molecule has 1 heterocycles. The lowest BCUT2D eigenvalue weighted by atomic mass is 9.68. The molecule has 2 heteroatoms. The topological polar surface area (TPSA) is 29.3 Å². The summed E-state index contributed by atoms with van der Waals surface area (Å²) in [4.78, 5) is 2.77. The van der Waals surface area contributed by atoms with Crippen molar-refractivity contribution in [2.45, 2.75) is 70.3 Å². The molecule has 114 valence electrons. The van der Waals surface area contributed by atoms with Gasteiger partial charge >= 0.3 is 0 Å². The van der Waals surface area contributed by atoms with Crippen molar-refractivity contribution in [1.29, 1.82) is 0 Å². The predicted molar refractivity (Wildman–Crippen MR) is 83.5 cm³/mol. The lowest BCUT2D eigenvalue weighted by Gasteiger charge is -2.45. The standard InChI is InChI=1S/C18H32N2/c19-17-15-5-4-14(12-15)16(17)13-20-10-8-18(9-11-20)6-2-1-3-7-18/h14-17H,1-13,19H2. The summed E-state index contributed by atoms with van der Waals surface area (Å²) in [7, 11) is 0. The summed E-state index contributed by atoms with van der Waals surface area (Å²) in [6, 6.07) is 0.527. The van der Waals surface area contributed by atoms with E-state index in [0.717, 1.165) is 23.2 Å². The molecule has 0 aromatic carbocycles. The number of piperidine rings is 1. The Bertz CT molecular complexity index is 335. The average molecular weight is 276 g/mol. The third-order valence-corrected chi connectivity index (χ3v) is 7.46. The fourth-order valence-corrected chi connectivity index (χ4v) is 6.04. The summed E-state index contributed by atoms with van der Waals surface area (Å²) in [6.45, 7) is 4.04. The SMILES string of the molecule is NC1C2CCC(C2)C1CN1CCC2(CCCCC2)CC1. The first-order valence-electron chi connectivity index (χ1n) is 9.24. The molecule has 0 radical (unpaired) electrons. The minimum absolute atomic E-state index is 0.527. The van der Waals surface area contributed by atoms with Crippen molar-refractivity contribution < 1.29 is 0 Å². The molecule has 1 spiro atoms. The maximum Gasteiger partial charge on any atom is 0.0111 e. The number of fused-ring (bicyclic) bond motifs is 2. The maximum atomic E-state index is 6.49. The van der Waals surface area contributed by atoms with Crippen LogP contribution < -0.4 is 5.73 Å². The molecule has 1 saturated heterocycles. The van der Waals surface area contributed by atoms with Crippen LogP contribution in [-0.2, 0) is 0 Å². The van der Waals surface area contributed by atoms with E-state index in [4.69, 9.17) is 5.73 Å². The first kappa shape index (κ1) is 13.6. The van der Waals surface area contributed by atoms with Gasteiger partial charge in [-0.25, -0.2) is 0 Å². The lowest BCUT2D eigenvalue weighted by Crippen LogP contribution is -2.47. The van der Waals surface area contributed by atoms with Gasteiger partial charge in [0.1, 0.15) is 0 Å². The highest BCUT2D eigenvalue weighted by atomic mass is 15.1. The van der Waals surface area contributed by atoms with Crippen LogP contribution in [0.15, 0.2) is 0 Å². The predicted octanol–water partition coefficient (Wildman–Crippen LogP) is 3.41. The van der Waals surface area contributed by atoms with Gasteiger partial charge in [0.15, 0.2) is 0 Å². The molecule has 4 unspecified atom stereocenters. The van der Waals surface area contributed by atoms with E-state index in [-0.39, 0.29) is 0 Å². The van der Waals surface area contributed by atoms with Crippen LogP contribution in [0, 0.1) is 23.2 Å². The number of rotatable bonds is 2. The fraction of sp³-hybridized carbons (Fsp3) is 1.00. The molecular weight excluding hydrogens is 244 g/mol. The van der Waals surface area contributed by atoms with Crippen molar-refractivity contribution in [3.05, 3.63) is 0 Å². The Hall–Kier alpha value is -0.0800. The summed E-state index contributed by atoms with van der Waals surface area (Å²) >= 11 is 0. The molecule has 3 aliphatic carbocycles. The summed E-state index contributed by atoms with van der Waals surface area (Å²) in [5, 5.41) is 0. The van der Waals surface area contributed by atoms with E-state index in [1.807, 2.05) is 0 Å². The largest absolute Gasteiger partial charge is 0.327 e. The normalized spacial score (nSPS) is 44.2. The molecule has 20 heavy (non-hydrogen) atoms. The highest BCUT2D eigenvalue weighted by molar-refractivity contribution is 5.00. The summed E-state index contributed by atoms with van der Waals surface area (Å²) in [5.74, 6) is 2.68. The van der Waals surface area contributed by atoms with Gasteiger partial charge in [0.2, 0.25) is 0 Å². The second-order valence-corrected chi connectivity index (χ2v) is 8.44. The molecule has 4 atom stereocenters. The van der Waals surface area contributed by atoms with Crippen molar-refractivity contribution in [3.8, 4) is 0 Å². The van der Waals surface area contributed by atoms with Crippen LogP contribution in [0.2, 0.25) is 0 Å². The van der Waals surface area contributed by atoms with Crippen LogP contribution in [0.1, 0.15) is 64.2 Å². The number of nitrogens with zero attached hydrogens (tertiary/aromatic N) is 1. The fourth-order valence-electron chi connectivity index (χ4n) is 6.04. The quantitative estimate of drug-likeness (QED) is 0.837. The van der Waals surface area contributed by atoms with Crippen LogP contribution >= 0.6 is 0 Å². The van der Waals surface area contributed by atoms with Crippen LogP contribution in [0.5, 0.6) is 0 Å². The van der Waals surface area contributed by atoms with E-state index in [0.29, 0.717) is 6.04 Å². The number of hydrogen-bond donors (Lipinski definition) is 1. The smallest absolute Gasteiger partial charge is 0.0111 e. The third kappa shape index (κ3) is 2.33. The molecule has 0 aromatic heterocycles. The van der Waals surface area contributed by atoms with Gasteiger partial charge in [-0.1, -0.05) is 19.3 Å². The molecule has 4 fully saturated rings. The molecule has 2 bridgehead atoms. The van der Waals surface area contributed by atoms with Crippen molar-refractivity contribution in [2.24, 2.45) is 28.9 Å². The van der Waals surface area contributed by atoms with Gasteiger partial charge in [0.05, 0.1) is 0 Å². The average Bonchev–Trinajstić information content (AvgIpc) is 3.06. The van der Waals surface area contributed by atoms with Crippen molar-refractivity contribution >= 4 is 0 Å². The molecule has 2 nitrogen and oxygen atoms in total. The number of likely N-dealkylation sites (tertiary alicyclic amines) is 1. The van der Waals surface area contributed by atoms with Crippen molar-refractivity contribution in [3.63, 3.8) is 0 Å². The second-order valence-electron chi connectivity index (χ2n) is 8.44. The van der Waals surface area contributed by atoms with Gasteiger partial charge in [0, 0.05) is 12.6 Å². The zero-order chi connectivity index (χ0) is 13.6. The Labute approximate surface area is 124 Å². The zero-order valence-electron chi connectivity index (χ0n) is 13.0. The van der Waals surface area contributed by atoms with E-state index in [2.05, 4.69) is 4.90 Å². The van der Waals surface area contributed by atoms with Gasteiger partial charge in [-0.2, -0.15) is 0 Å². The minimum atomic E-state index is 0.527. The van der Waals surface area contributed by atoms with Gasteiger partial charge in [-0.15, -0.1) is 0 Å². The van der Waals surface area contributed by atoms with E-state index < -0.39 is 0 Å². The first-order chi connectivity index (χ1) is 9.76. The Morgan fingerprint density at radius 1 is 0.900 bits per heavy atom. The van der Waals surface area contributed by atoms with Crippen LogP contribution in [0.25, 0.3) is 0 Å². The number of hydrogen-bond acceptors (Lipinski definition) is 2. The summed E-state index contributed by atoms with van der Waals surface area (Å²) in [6.07, 6.45) is 14.8. The minimum Gasteiger partial charge on any atom is -0.327 e. The molecular formula is C18H32N2. The molecule has 1 aliphatic heterocycles. The van der Waals surface area contributed by atoms with Crippen LogP contribution in [0.3, 0.4) is 0 Å². The van der Waals surface area contributed by atoms with Gasteiger partial charge in [0.25, 0.3) is 0 Å². The Balaban J connectivity index is 1.31. The molecule has 0 amide bonds. The Morgan fingerprint density at radius 2 is 1.60 bits per heavy atom. The highest BCUT2D eigenvalue weighted by Crippen LogP contribution is 2.49. The van der Waals surface area contributed by atoms with E-state index >= 15 is 0 Å². The Kier molecular flexibility index (Phi) is 3.58. The summed E-state index contributed by atoms with van der Waals surface area (Å²) in [5.41, 5.74) is 7.25. The van der Waals surface area contributed by atoms with Crippen LogP contribution in [-0.4, -0.2) is 30.6 Å². The molecule has 4 rings (SSSR count). The van der Waals surface area contributed by atoms with Gasteiger partial charge in [-0.3, -0.25) is 0 Å². The van der Waals surface area contributed by atoms with E-state index in [1.54, 1.807) is 0 Å². The zero-order valence-corrected chi connectivity index (χ0v) is 13.0. The second kappa shape index (κ2) is 5.28. The van der Waals surface area contributed by atoms with Crippen LogP contribution in [0.4, 0.5) is 0 Å². The monoisotopic (exact) mass is 276 g/mol. The molecule has 3 saturated carbocycles. The molecule has 2 N–H and O–H groups in total. The Morgan fingerprint density at radius 3 is 2.25 bits per heavy atom. The molecule has 4 aliphatic rings. The lowest BCUT2D eigenvalue weighted by molar-refractivity contribution is 0.0518. The van der Waals surface area contributed by atoms with Crippen molar-refractivity contribution in [2.75, 3.05) is 19.6 Å². The van der Waals surface area contributed by atoms with Crippen molar-refractivity contribution in [1.82, 2.24) is 4.90 Å². The molecule has 0 aromatic rings. The van der Waals surface area contributed by atoms with E-state index in [1.165, 1.54) is 83.8 Å².